The van der Waals surface area contributed by atoms with Crippen LogP contribution < -0.4 is 0 Å². The molecular weight excluding hydrogens is 400 g/mol. The number of unbranched alkanes of at least 4 members (excludes halogenated alkanes) is 6. The van der Waals surface area contributed by atoms with Crippen molar-refractivity contribution >= 4 is 23.1 Å². The van der Waals surface area contributed by atoms with Crippen molar-refractivity contribution in [3.63, 3.8) is 0 Å². The topological polar surface area (TPSA) is 54.0 Å². The van der Waals surface area contributed by atoms with Crippen LogP contribution in [0.4, 0.5) is 0 Å². The summed E-state index contributed by atoms with van der Waals surface area (Å²) in [5.74, 6) is -0.391. The van der Waals surface area contributed by atoms with Gasteiger partial charge in [0, 0.05) is 27.4 Å². The predicted molar refractivity (Wildman–Crippen MR) is 126 cm³/mol. The summed E-state index contributed by atoms with van der Waals surface area (Å²) in [4.78, 5) is 13.1. The van der Waals surface area contributed by atoms with Crippen LogP contribution in [0.25, 0.3) is 0 Å². The van der Waals surface area contributed by atoms with E-state index in [9.17, 15) is 4.79 Å². The summed E-state index contributed by atoms with van der Waals surface area (Å²) >= 11 is 0. The molecule has 0 aromatic carbocycles. The van der Waals surface area contributed by atoms with Crippen molar-refractivity contribution in [3.05, 3.63) is 0 Å². The Bertz CT molecular complexity index is 407. The lowest BCUT2D eigenvalue weighted by molar-refractivity contribution is -0.139. The zero-order valence-electron chi connectivity index (χ0n) is 20.5. The van der Waals surface area contributed by atoms with E-state index in [2.05, 4.69) is 27.7 Å². The molecule has 0 aliphatic carbocycles. The molecule has 0 rings (SSSR count). The molecule has 0 fully saturated rings. The van der Waals surface area contributed by atoms with Crippen LogP contribution in [0.15, 0.2) is 0 Å². The van der Waals surface area contributed by atoms with Gasteiger partial charge < -0.3 is 17.7 Å². The third-order valence-electron chi connectivity index (χ3n) is 6.15. The molecule has 0 aliphatic rings. The van der Waals surface area contributed by atoms with Crippen LogP contribution in [0, 0.1) is 5.92 Å². The van der Waals surface area contributed by atoms with Crippen molar-refractivity contribution in [2.75, 3.05) is 21.3 Å². The van der Waals surface area contributed by atoms with Crippen LogP contribution in [-0.4, -0.2) is 44.4 Å². The largest absolute Gasteiger partial charge is 0.519 e. The number of hydrogen-bond donors (Lipinski definition) is 0. The highest BCUT2D eigenvalue weighted by Gasteiger charge is 2.45. The summed E-state index contributed by atoms with van der Waals surface area (Å²) in [6.07, 6.45) is 9.75. The molecule has 0 saturated heterocycles. The van der Waals surface area contributed by atoms with Gasteiger partial charge in [0.1, 0.15) is 0 Å². The minimum atomic E-state index is -2.80. The molecule has 0 radical (unpaired) electrons. The Morgan fingerprint density at radius 1 is 0.759 bits per heavy atom. The van der Waals surface area contributed by atoms with Gasteiger partial charge in [-0.1, -0.05) is 86.0 Å². The van der Waals surface area contributed by atoms with Gasteiger partial charge in [-0.05, 0) is 17.6 Å². The lowest BCUT2D eigenvalue weighted by Gasteiger charge is -2.36. The standard InChI is InChI=1S/C22H48O5Si2/c1-9-11-13-15-17-28(20(3)4,18-16-14-12-10-2)27-22(23)21(5)19-29(24-6,25-7)26-8/h20-21H,9-19H2,1-8H3. The van der Waals surface area contributed by atoms with E-state index >= 15 is 0 Å². The quantitative estimate of drug-likeness (QED) is 0.175. The summed E-state index contributed by atoms with van der Waals surface area (Å²) in [6, 6.07) is 2.61. The minimum absolute atomic E-state index is 0.0978. The van der Waals surface area contributed by atoms with Gasteiger partial charge in [-0.2, -0.15) is 0 Å². The van der Waals surface area contributed by atoms with E-state index < -0.39 is 17.1 Å². The first kappa shape index (κ1) is 28.8. The fourth-order valence-corrected chi connectivity index (χ4v) is 9.94. The van der Waals surface area contributed by atoms with Crippen LogP contribution in [0.2, 0.25) is 23.7 Å². The zero-order chi connectivity index (χ0) is 22.3. The second kappa shape index (κ2) is 15.6. The summed E-state index contributed by atoms with van der Waals surface area (Å²) in [5.41, 5.74) is 0.427. The Labute approximate surface area is 182 Å². The van der Waals surface area contributed by atoms with E-state index in [0.29, 0.717) is 11.6 Å². The molecule has 0 N–H and O–H groups in total. The van der Waals surface area contributed by atoms with E-state index in [4.69, 9.17) is 17.7 Å². The summed E-state index contributed by atoms with van der Waals surface area (Å²) in [7, 11) is -0.197. The van der Waals surface area contributed by atoms with Crippen molar-refractivity contribution in [1.82, 2.24) is 0 Å². The average molecular weight is 449 g/mol. The van der Waals surface area contributed by atoms with E-state index in [1.54, 1.807) is 21.3 Å². The van der Waals surface area contributed by atoms with E-state index in [-0.39, 0.29) is 11.9 Å². The maximum absolute atomic E-state index is 13.1. The SMILES string of the molecule is CCCCCC[Si](CCCCCC)(OC(=O)C(C)C[Si](OC)(OC)OC)C(C)C. The molecule has 0 saturated carbocycles. The van der Waals surface area contributed by atoms with Gasteiger partial charge in [-0.15, -0.1) is 0 Å². The Morgan fingerprint density at radius 3 is 1.55 bits per heavy atom. The van der Waals surface area contributed by atoms with Crippen molar-refractivity contribution in [1.29, 1.82) is 0 Å². The van der Waals surface area contributed by atoms with Crippen LogP contribution in [0.1, 0.15) is 86.0 Å². The summed E-state index contributed by atoms with van der Waals surface area (Å²) < 4.78 is 23.0. The molecular formula is C22H48O5Si2. The predicted octanol–water partition coefficient (Wildman–Crippen LogP) is 6.56. The Morgan fingerprint density at radius 2 is 1.21 bits per heavy atom. The second-order valence-corrected chi connectivity index (χ2v) is 16.1. The molecule has 0 aliphatic heterocycles. The van der Waals surface area contributed by atoms with Crippen molar-refractivity contribution in [2.45, 2.75) is 110 Å². The Balaban J connectivity index is 5.27. The van der Waals surface area contributed by atoms with E-state index in [1.807, 2.05) is 6.92 Å². The maximum Gasteiger partial charge on any atom is 0.501 e. The first-order chi connectivity index (χ1) is 13.8. The first-order valence-electron chi connectivity index (χ1n) is 11.6. The molecule has 0 heterocycles. The number of rotatable bonds is 18. The van der Waals surface area contributed by atoms with E-state index in [0.717, 1.165) is 12.1 Å². The number of carbonyl (C=O) groups is 1. The molecule has 1 unspecified atom stereocenters. The lowest BCUT2D eigenvalue weighted by Crippen LogP contribution is -2.48. The molecule has 29 heavy (non-hydrogen) atoms. The number of hydrogen-bond acceptors (Lipinski definition) is 5. The highest BCUT2D eigenvalue weighted by Crippen LogP contribution is 2.36. The van der Waals surface area contributed by atoms with Gasteiger partial charge >= 0.3 is 8.80 Å². The maximum atomic E-state index is 13.1. The van der Waals surface area contributed by atoms with Crippen molar-refractivity contribution in [3.8, 4) is 0 Å². The Hall–Kier alpha value is -0.216. The molecule has 0 aromatic heterocycles. The van der Waals surface area contributed by atoms with Crippen molar-refractivity contribution < 1.29 is 22.5 Å². The molecule has 0 spiro atoms. The average Bonchev–Trinajstić information content (AvgIpc) is 2.72. The third kappa shape index (κ3) is 10.1. The lowest BCUT2D eigenvalue weighted by atomic mass is 10.2. The van der Waals surface area contributed by atoms with E-state index in [1.165, 1.54) is 51.4 Å². The van der Waals surface area contributed by atoms with Crippen LogP contribution in [0.5, 0.6) is 0 Å². The zero-order valence-corrected chi connectivity index (χ0v) is 22.5. The molecule has 5 nitrogen and oxygen atoms in total. The molecule has 7 heteroatoms. The highest BCUT2D eigenvalue weighted by atomic mass is 28.4. The molecule has 0 aromatic rings. The van der Waals surface area contributed by atoms with Gasteiger partial charge in [0.2, 0.25) is 0 Å². The molecule has 0 bridgehead atoms. The summed E-state index contributed by atoms with van der Waals surface area (Å²) in [6.45, 7) is 10.9. The fourth-order valence-electron chi connectivity index (χ4n) is 3.88. The van der Waals surface area contributed by atoms with Crippen LogP contribution >= 0.6 is 0 Å². The van der Waals surface area contributed by atoms with Crippen LogP contribution in [-0.2, 0) is 22.5 Å². The third-order valence-corrected chi connectivity index (χ3v) is 14.2. The first-order valence-corrected chi connectivity index (χ1v) is 16.0. The normalized spacial score (nSPS) is 13.7. The van der Waals surface area contributed by atoms with Gasteiger partial charge in [-0.3, -0.25) is 4.79 Å². The highest BCUT2D eigenvalue weighted by molar-refractivity contribution is 6.76. The smallest absolute Gasteiger partial charge is 0.501 e. The van der Waals surface area contributed by atoms with Gasteiger partial charge in [0.25, 0.3) is 14.3 Å². The molecule has 174 valence electrons. The monoisotopic (exact) mass is 448 g/mol. The molecule has 1 atom stereocenters. The van der Waals surface area contributed by atoms with Gasteiger partial charge in [-0.25, -0.2) is 0 Å². The van der Waals surface area contributed by atoms with Gasteiger partial charge in [0.05, 0.1) is 5.92 Å². The Kier molecular flexibility index (Phi) is 15.4. The fraction of sp³-hybridized carbons (Fsp3) is 0.955. The molecule has 0 amide bonds. The van der Waals surface area contributed by atoms with Crippen molar-refractivity contribution in [2.24, 2.45) is 5.92 Å². The minimum Gasteiger partial charge on any atom is -0.519 e. The van der Waals surface area contributed by atoms with Crippen LogP contribution in [0.3, 0.4) is 0 Å². The van der Waals surface area contributed by atoms with Gasteiger partial charge in [0.15, 0.2) is 0 Å². The number of carbonyl (C=O) groups excluding carboxylic acids is 1. The second-order valence-electron chi connectivity index (χ2n) is 8.66. The summed E-state index contributed by atoms with van der Waals surface area (Å²) in [5, 5.41) is 0.